The lowest BCUT2D eigenvalue weighted by molar-refractivity contribution is 0.833. The van der Waals surface area contributed by atoms with Crippen LogP contribution in [0.1, 0.15) is 24.7 Å². The number of nitrogens with one attached hydrogen (secondary N) is 1. The van der Waals surface area contributed by atoms with Crippen molar-refractivity contribution in [1.29, 1.82) is 0 Å². The third-order valence-corrected chi connectivity index (χ3v) is 2.81. The van der Waals surface area contributed by atoms with E-state index in [1.807, 2.05) is 32.2 Å². The van der Waals surface area contributed by atoms with Crippen molar-refractivity contribution in [3.63, 3.8) is 0 Å². The molecule has 0 amide bonds. The van der Waals surface area contributed by atoms with Crippen LogP contribution >= 0.6 is 0 Å². The maximum Gasteiger partial charge on any atom is 0.133 e. The maximum atomic E-state index is 4.63. The Bertz CT molecular complexity index is 523. The summed E-state index contributed by atoms with van der Waals surface area (Å²) in [6.45, 7) is 4.15. The Morgan fingerprint density at radius 2 is 2.06 bits per heavy atom. The standard InChI is InChI=1S/C14H18N4/c1-4-7-12-17-13(10(2)14(15-3)18-12)11-8-5-6-9-16-11/h5-6,8-9H,4,7H2,1-3H3,(H,15,17,18). The van der Waals surface area contributed by atoms with Crippen molar-refractivity contribution in [1.82, 2.24) is 15.0 Å². The third-order valence-electron chi connectivity index (χ3n) is 2.81. The smallest absolute Gasteiger partial charge is 0.133 e. The molecule has 0 unspecified atom stereocenters. The Balaban J connectivity index is 2.55. The van der Waals surface area contributed by atoms with Crippen LogP contribution in [-0.2, 0) is 6.42 Å². The molecule has 0 aliphatic heterocycles. The van der Waals surface area contributed by atoms with Crippen LogP contribution in [0.2, 0.25) is 0 Å². The fourth-order valence-corrected chi connectivity index (χ4v) is 1.89. The summed E-state index contributed by atoms with van der Waals surface area (Å²) < 4.78 is 0. The van der Waals surface area contributed by atoms with Crippen molar-refractivity contribution in [2.45, 2.75) is 26.7 Å². The second-order valence-corrected chi connectivity index (χ2v) is 4.18. The average Bonchev–Trinajstić information content (AvgIpc) is 2.42. The van der Waals surface area contributed by atoms with Crippen molar-refractivity contribution >= 4 is 5.82 Å². The summed E-state index contributed by atoms with van der Waals surface area (Å²) in [6, 6.07) is 5.86. The Kier molecular flexibility index (Phi) is 3.87. The highest BCUT2D eigenvalue weighted by molar-refractivity contribution is 5.64. The highest BCUT2D eigenvalue weighted by Crippen LogP contribution is 2.24. The van der Waals surface area contributed by atoms with E-state index >= 15 is 0 Å². The summed E-state index contributed by atoms with van der Waals surface area (Å²) in [5, 5.41) is 3.13. The molecule has 2 rings (SSSR count). The summed E-state index contributed by atoms with van der Waals surface area (Å²) in [5.74, 6) is 1.75. The molecular weight excluding hydrogens is 224 g/mol. The van der Waals surface area contributed by atoms with Crippen LogP contribution < -0.4 is 5.32 Å². The Morgan fingerprint density at radius 3 is 2.67 bits per heavy atom. The van der Waals surface area contributed by atoms with E-state index in [9.17, 15) is 0 Å². The average molecular weight is 242 g/mol. The highest BCUT2D eigenvalue weighted by Gasteiger charge is 2.11. The Morgan fingerprint density at radius 1 is 1.22 bits per heavy atom. The number of aryl methyl sites for hydroxylation is 1. The van der Waals surface area contributed by atoms with Gasteiger partial charge < -0.3 is 5.32 Å². The second kappa shape index (κ2) is 5.58. The summed E-state index contributed by atoms with van der Waals surface area (Å²) in [7, 11) is 1.88. The molecule has 0 aliphatic rings. The van der Waals surface area contributed by atoms with Crippen LogP contribution in [0.25, 0.3) is 11.4 Å². The molecule has 0 saturated heterocycles. The molecule has 0 bridgehead atoms. The number of hydrogen-bond acceptors (Lipinski definition) is 4. The minimum atomic E-state index is 0.869. The monoisotopic (exact) mass is 242 g/mol. The SMILES string of the molecule is CCCc1nc(NC)c(C)c(-c2ccccn2)n1. The zero-order chi connectivity index (χ0) is 13.0. The molecule has 0 aromatic carbocycles. The van der Waals surface area contributed by atoms with Gasteiger partial charge in [-0.15, -0.1) is 0 Å². The zero-order valence-electron chi connectivity index (χ0n) is 11.1. The van der Waals surface area contributed by atoms with Gasteiger partial charge in [0.1, 0.15) is 11.6 Å². The van der Waals surface area contributed by atoms with E-state index in [1.165, 1.54) is 0 Å². The van der Waals surface area contributed by atoms with Crippen molar-refractivity contribution in [3.05, 3.63) is 35.8 Å². The molecule has 0 saturated carbocycles. The number of nitrogens with zero attached hydrogens (tertiary/aromatic N) is 3. The van der Waals surface area contributed by atoms with Crippen LogP contribution in [-0.4, -0.2) is 22.0 Å². The van der Waals surface area contributed by atoms with Gasteiger partial charge in [-0.2, -0.15) is 0 Å². The van der Waals surface area contributed by atoms with Crippen LogP contribution in [0.5, 0.6) is 0 Å². The zero-order valence-corrected chi connectivity index (χ0v) is 11.1. The molecule has 0 atom stereocenters. The van der Waals surface area contributed by atoms with E-state index in [0.29, 0.717) is 0 Å². The second-order valence-electron chi connectivity index (χ2n) is 4.18. The summed E-state index contributed by atoms with van der Waals surface area (Å²) >= 11 is 0. The molecule has 2 aromatic rings. The van der Waals surface area contributed by atoms with Crippen molar-refractivity contribution in [2.24, 2.45) is 0 Å². The van der Waals surface area contributed by atoms with E-state index in [2.05, 4.69) is 27.2 Å². The van der Waals surface area contributed by atoms with Gasteiger partial charge in [-0.1, -0.05) is 13.0 Å². The van der Waals surface area contributed by atoms with Gasteiger partial charge in [0, 0.05) is 25.2 Å². The van der Waals surface area contributed by atoms with Gasteiger partial charge in [-0.3, -0.25) is 4.98 Å². The number of anilines is 1. The van der Waals surface area contributed by atoms with E-state index in [-0.39, 0.29) is 0 Å². The van der Waals surface area contributed by atoms with E-state index < -0.39 is 0 Å². The minimum Gasteiger partial charge on any atom is -0.373 e. The molecule has 94 valence electrons. The number of aromatic nitrogens is 3. The third kappa shape index (κ3) is 2.47. The van der Waals surface area contributed by atoms with Crippen molar-refractivity contribution < 1.29 is 0 Å². The fourth-order valence-electron chi connectivity index (χ4n) is 1.89. The largest absolute Gasteiger partial charge is 0.373 e. The number of hydrogen-bond donors (Lipinski definition) is 1. The predicted molar refractivity (Wildman–Crippen MR) is 73.5 cm³/mol. The first-order valence-electron chi connectivity index (χ1n) is 6.23. The summed E-state index contributed by atoms with van der Waals surface area (Å²) in [5.41, 5.74) is 2.85. The van der Waals surface area contributed by atoms with Gasteiger partial charge >= 0.3 is 0 Å². The van der Waals surface area contributed by atoms with Gasteiger partial charge in [0.2, 0.25) is 0 Å². The molecule has 0 spiro atoms. The lowest BCUT2D eigenvalue weighted by Crippen LogP contribution is -2.05. The van der Waals surface area contributed by atoms with Gasteiger partial charge in [0.15, 0.2) is 0 Å². The first-order valence-corrected chi connectivity index (χ1v) is 6.23. The van der Waals surface area contributed by atoms with Crippen molar-refractivity contribution in [2.75, 3.05) is 12.4 Å². The quantitative estimate of drug-likeness (QED) is 0.895. The summed E-state index contributed by atoms with van der Waals surface area (Å²) in [6.07, 6.45) is 3.71. The highest BCUT2D eigenvalue weighted by atomic mass is 15.0. The normalized spacial score (nSPS) is 10.4. The molecule has 0 radical (unpaired) electrons. The maximum absolute atomic E-state index is 4.63. The Hall–Kier alpha value is -1.97. The van der Waals surface area contributed by atoms with Gasteiger partial charge in [-0.05, 0) is 25.5 Å². The first-order chi connectivity index (χ1) is 8.76. The lowest BCUT2D eigenvalue weighted by atomic mass is 10.1. The molecule has 4 nitrogen and oxygen atoms in total. The van der Waals surface area contributed by atoms with E-state index in [4.69, 9.17) is 0 Å². The fraction of sp³-hybridized carbons (Fsp3) is 0.357. The molecule has 18 heavy (non-hydrogen) atoms. The molecule has 0 fully saturated rings. The van der Waals surface area contributed by atoms with E-state index in [0.717, 1.165) is 41.4 Å². The minimum absolute atomic E-state index is 0.869. The molecule has 2 heterocycles. The van der Waals surface area contributed by atoms with Gasteiger partial charge in [0.25, 0.3) is 0 Å². The van der Waals surface area contributed by atoms with Crippen LogP contribution in [0.15, 0.2) is 24.4 Å². The van der Waals surface area contributed by atoms with Crippen LogP contribution in [0.3, 0.4) is 0 Å². The molecule has 4 heteroatoms. The first kappa shape index (κ1) is 12.5. The van der Waals surface area contributed by atoms with Gasteiger partial charge in [-0.25, -0.2) is 9.97 Å². The van der Waals surface area contributed by atoms with E-state index in [1.54, 1.807) is 6.20 Å². The van der Waals surface area contributed by atoms with Crippen LogP contribution in [0.4, 0.5) is 5.82 Å². The molecule has 0 aliphatic carbocycles. The topological polar surface area (TPSA) is 50.7 Å². The van der Waals surface area contributed by atoms with Crippen LogP contribution in [0, 0.1) is 6.92 Å². The molecular formula is C14H18N4. The molecule has 1 N–H and O–H groups in total. The number of rotatable bonds is 4. The molecule has 2 aromatic heterocycles. The number of pyridine rings is 1. The van der Waals surface area contributed by atoms with Crippen molar-refractivity contribution in [3.8, 4) is 11.4 Å². The Labute approximate surface area is 108 Å². The predicted octanol–water partition coefficient (Wildman–Crippen LogP) is 2.84. The lowest BCUT2D eigenvalue weighted by Gasteiger charge is -2.11. The van der Waals surface area contributed by atoms with Gasteiger partial charge in [0.05, 0.1) is 11.4 Å². The summed E-state index contributed by atoms with van der Waals surface area (Å²) in [4.78, 5) is 13.5.